The van der Waals surface area contributed by atoms with E-state index in [4.69, 9.17) is 8.83 Å². The molecule has 11 aromatic rings. The topological polar surface area (TPSA) is 96.6 Å². The molecule has 0 spiro atoms. The smallest absolute Gasteiger partial charge is 0.153 e. The maximum Gasteiger partial charge on any atom is 0.153 e. The quantitative estimate of drug-likeness (QED) is 0.187. The molecule has 0 bridgehead atoms. The second-order valence-corrected chi connectivity index (χ2v) is 12.6. The van der Waals surface area contributed by atoms with E-state index in [9.17, 15) is 10.5 Å². The SMILES string of the molecule is N#Cc1ccc2c(c1)c1cc(C#N)ccc1n2-c1ccc2oc3ccc(-n4c5ccccc5c5c6oc7cccnc7c6ccc54)cc3c2c1. The summed E-state index contributed by atoms with van der Waals surface area (Å²) < 4.78 is 17.3. The monoisotopic (exact) mass is 639 g/mol. The predicted octanol–water partition coefficient (Wildman–Crippen LogP) is 10.8. The van der Waals surface area contributed by atoms with Gasteiger partial charge >= 0.3 is 0 Å². The van der Waals surface area contributed by atoms with Crippen molar-refractivity contribution < 1.29 is 8.83 Å². The summed E-state index contributed by atoms with van der Waals surface area (Å²) in [7, 11) is 0. The maximum atomic E-state index is 9.65. The van der Waals surface area contributed by atoms with Gasteiger partial charge < -0.3 is 18.0 Å². The normalized spacial score (nSPS) is 12.0. The van der Waals surface area contributed by atoms with E-state index in [-0.39, 0.29) is 0 Å². The first-order valence-corrected chi connectivity index (χ1v) is 16.2. The van der Waals surface area contributed by atoms with E-state index in [1.54, 1.807) is 6.20 Å². The molecular weight excluding hydrogens is 619 g/mol. The lowest BCUT2D eigenvalue weighted by molar-refractivity contribution is 0.668. The van der Waals surface area contributed by atoms with E-state index in [0.29, 0.717) is 11.1 Å². The van der Waals surface area contributed by atoms with E-state index in [1.807, 2.05) is 60.7 Å². The molecule has 7 nitrogen and oxygen atoms in total. The minimum absolute atomic E-state index is 0.575. The highest BCUT2D eigenvalue weighted by atomic mass is 16.3. The Balaban J connectivity index is 1.16. The van der Waals surface area contributed by atoms with Crippen LogP contribution in [0.5, 0.6) is 0 Å². The number of nitriles is 2. The third-order valence-electron chi connectivity index (χ3n) is 10.0. The summed E-state index contributed by atoms with van der Waals surface area (Å²) in [5, 5.41) is 26.3. The zero-order chi connectivity index (χ0) is 33.1. The van der Waals surface area contributed by atoms with Gasteiger partial charge in [-0.1, -0.05) is 18.2 Å². The van der Waals surface area contributed by atoms with Crippen molar-refractivity contribution in [3.63, 3.8) is 0 Å². The largest absolute Gasteiger partial charge is 0.456 e. The molecule has 50 heavy (non-hydrogen) atoms. The van der Waals surface area contributed by atoms with E-state index in [0.717, 1.165) is 99.0 Å². The van der Waals surface area contributed by atoms with Crippen molar-refractivity contribution >= 4 is 87.6 Å². The van der Waals surface area contributed by atoms with Crippen LogP contribution in [0.2, 0.25) is 0 Å². The van der Waals surface area contributed by atoms with Crippen molar-refractivity contribution in [1.29, 1.82) is 10.5 Å². The number of furan rings is 2. The molecule has 0 aliphatic carbocycles. The number of fused-ring (bicyclic) bond motifs is 13. The minimum Gasteiger partial charge on any atom is -0.456 e. The van der Waals surface area contributed by atoms with Crippen LogP contribution in [0.15, 0.2) is 136 Å². The lowest BCUT2D eigenvalue weighted by Crippen LogP contribution is -1.94. The molecule has 0 saturated carbocycles. The average molecular weight is 640 g/mol. The number of rotatable bonds is 2. The number of benzene rings is 6. The van der Waals surface area contributed by atoms with Crippen LogP contribution in [0.25, 0.3) is 99.0 Å². The number of nitrogens with zero attached hydrogens (tertiary/aromatic N) is 5. The molecular formula is C43H21N5O2. The first-order chi connectivity index (χ1) is 24.7. The molecule has 7 heteroatoms. The molecule has 0 atom stereocenters. The summed E-state index contributed by atoms with van der Waals surface area (Å²) in [5.41, 5.74) is 11.2. The second-order valence-electron chi connectivity index (χ2n) is 12.6. The molecule has 5 heterocycles. The molecule has 0 fully saturated rings. The summed E-state index contributed by atoms with van der Waals surface area (Å²) in [6, 6.07) is 45.1. The fourth-order valence-corrected chi connectivity index (χ4v) is 7.86. The van der Waals surface area contributed by atoms with Crippen molar-refractivity contribution in [2.24, 2.45) is 0 Å². The Morgan fingerprint density at radius 3 is 1.78 bits per heavy atom. The number of hydrogen-bond donors (Lipinski definition) is 0. The van der Waals surface area contributed by atoms with Crippen LogP contribution in [-0.4, -0.2) is 14.1 Å². The molecule has 0 N–H and O–H groups in total. The van der Waals surface area contributed by atoms with Gasteiger partial charge in [-0.2, -0.15) is 10.5 Å². The Kier molecular flexibility index (Phi) is 5.13. The van der Waals surface area contributed by atoms with Crippen molar-refractivity contribution in [3.05, 3.63) is 139 Å². The zero-order valence-electron chi connectivity index (χ0n) is 26.2. The predicted molar refractivity (Wildman–Crippen MR) is 197 cm³/mol. The zero-order valence-corrected chi connectivity index (χ0v) is 26.2. The van der Waals surface area contributed by atoms with Crippen LogP contribution >= 0.6 is 0 Å². The number of para-hydroxylation sites is 1. The Morgan fingerprint density at radius 1 is 0.480 bits per heavy atom. The Labute approximate surface area is 282 Å². The molecule has 0 aliphatic rings. The van der Waals surface area contributed by atoms with Gasteiger partial charge in [0.1, 0.15) is 22.3 Å². The summed E-state index contributed by atoms with van der Waals surface area (Å²) in [5.74, 6) is 0. The van der Waals surface area contributed by atoms with Gasteiger partial charge in [-0.25, -0.2) is 0 Å². The van der Waals surface area contributed by atoms with Crippen LogP contribution in [-0.2, 0) is 0 Å². The third kappa shape index (κ3) is 3.47. The molecule has 6 aromatic carbocycles. The van der Waals surface area contributed by atoms with Gasteiger partial charge in [0.15, 0.2) is 5.58 Å². The van der Waals surface area contributed by atoms with E-state index < -0.39 is 0 Å². The van der Waals surface area contributed by atoms with Crippen LogP contribution in [0.4, 0.5) is 0 Å². The van der Waals surface area contributed by atoms with Gasteiger partial charge in [-0.05, 0) is 103 Å². The van der Waals surface area contributed by atoms with E-state index >= 15 is 0 Å². The van der Waals surface area contributed by atoms with Gasteiger partial charge in [-0.3, -0.25) is 4.98 Å². The maximum absolute atomic E-state index is 9.65. The first-order valence-electron chi connectivity index (χ1n) is 16.2. The van der Waals surface area contributed by atoms with E-state index in [2.05, 4.69) is 86.9 Å². The molecule has 0 amide bonds. The van der Waals surface area contributed by atoms with Crippen molar-refractivity contribution in [2.75, 3.05) is 0 Å². The molecule has 0 unspecified atom stereocenters. The molecule has 5 aromatic heterocycles. The molecule has 230 valence electrons. The van der Waals surface area contributed by atoms with Crippen LogP contribution in [0, 0.1) is 22.7 Å². The van der Waals surface area contributed by atoms with Crippen LogP contribution < -0.4 is 0 Å². The number of hydrogen-bond acceptors (Lipinski definition) is 5. The Morgan fingerprint density at radius 2 is 1.10 bits per heavy atom. The summed E-state index contributed by atoms with van der Waals surface area (Å²) in [4.78, 5) is 4.61. The highest BCUT2D eigenvalue weighted by Crippen LogP contribution is 2.41. The van der Waals surface area contributed by atoms with Gasteiger partial charge in [0, 0.05) is 49.9 Å². The van der Waals surface area contributed by atoms with Crippen LogP contribution in [0.1, 0.15) is 11.1 Å². The van der Waals surface area contributed by atoms with E-state index in [1.165, 1.54) is 0 Å². The Hall–Kier alpha value is -7.35. The number of pyridine rings is 1. The average Bonchev–Trinajstić information content (AvgIpc) is 3.91. The van der Waals surface area contributed by atoms with Gasteiger partial charge in [-0.15, -0.1) is 0 Å². The molecule has 0 radical (unpaired) electrons. The van der Waals surface area contributed by atoms with Gasteiger partial charge in [0.25, 0.3) is 0 Å². The standard InChI is InChI=1S/C43H21N5O2/c44-22-24-7-12-35-30(18-24)31-19-25(23-45)8-13-36(31)47(35)26-9-15-38-32(20-26)33-21-27(10-16-39(33)49-38)48-34-5-2-1-4-28(34)41-37(48)14-11-29-42-40(50-43(29)41)6-3-17-46-42/h1-21H. The third-order valence-corrected chi connectivity index (χ3v) is 10.0. The minimum atomic E-state index is 0.575. The number of aromatic nitrogens is 3. The van der Waals surface area contributed by atoms with Crippen molar-refractivity contribution in [3.8, 4) is 23.5 Å². The van der Waals surface area contributed by atoms with Crippen molar-refractivity contribution in [1.82, 2.24) is 14.1 Å². The fourth-order valence-electron chi connectivity index (χ4n) is 7.86. The summed E-state index contributed by atoms with van der Waals surface area (Å²) in [6.45, 7) is 0. The molecule has 0 saturated heterocycles. The second kappa shape index (κ2) is 9.60. The van der Waals surface area contributed by atoms with Gasteiger partial charge in [0.2, 0.25) is 0 Å². The highest BCUT2D eigenvalue weighted by molar-refractivity contribution is 6.23. The highest BCUT2D eigenvalue weighted by Gasteiger charge is 2.20. The lowest BCUT2D eigenvalue weighted by Gasteiger charge is -2.09. The summed E-state index contributed by atoms with van der Waals surface area (Å²) >= 11 is 0. The lowest BCUT2D eigenvalue weighted by atomic mass is 10.1. The molecule has 11 rings (SSSR count). The first kappa shape index (κ1) is 26.7. The van der Waals surface area contributed by atoms with Gasteiger partial charge in [0.05, 0.1) is 50.7 Å². The molecule has 0 aliphatic heterocycles. The van der Waals surface area contributed by atoms with Crippen molar-refractivity contribution in [2.45, 2.75) is 0 Å². The summed E-state index contributed by atoms with van der Waals surface area (Å²) in [6.07, 6.45) is 1.80. The fraction of sp³-hybridized carbons (Fsp3) is 0. The Bertz CT molecular complexity index is 3290. The van der Waals surface area contributed by atoms with Crippen LogP contribution in [0.3, 0.4) is 0 Å².